The first-order valence-electron chi connectivity index (χ1n) is 7.95. The van der Waals surface area contributed by atoms with Crippen molar-refractivity contribution in [3.05, 3.63) is 81.3 Å². The number of benzene rings is 2. The fourth-order valence-corrected chi connectivity index (χ4v) is 4.10. The van der Waals surface area contributed by atoms with Crippen LogP contribution < -0.4 is 5.73 Å². The molecule has 2 aromatic rings. The first kappa shape index (κ1) is 21.7. The van der Waals surface area contributed by atoms with Crippen molar-refractivity contribution in [2.75, 3.05) is 0 Å². The summed E-state index contributed by atoms with van der Waals surface area (Å²) in [5, 5.41) is 0.285. The van der Waals surface area contributed by atoms with E-state index in [1.165, 1.54) is 42.5 Å². The highest BCUT2D eigenvalue weighted by molar-refractivity contribution is 7.90. The summed E-state index contributed by atoms with van der Waals surface area (Å²) in [5.74, 6) is -2.63. The van der Waals surface area contributed by atoms with Gasteiger partial charge in [-0.25, -0.2) is 0 Å². The van der Waals surface area contributed by atoms with Gasteiger partial charge in [-0.05, 0) is 17.7 Å². The van der Waals surface area contributed by atoms with Gasteiger partial charge in [0, 0.05) is 15.6 Å². The summed E-state index contributed by atoms with van der Waals surface area (Å²) in [5.41, 5.74) is 3.46. The molecule has 142 valence electrons. The maximum Gasteiger partial charge on any atom is 0.302 e. The number of carbonyl (C=O) groups excluding carboxylic acids is 1. The minimum absolute atomic E-state index is 0.00143. The molecule has 6 nitrogen and oxygen atoms in total. The number of ether oxygens (including phenoxy) is 1. The maximum absolute atomic E-state index is 12.9. The maximum atomic E-state index is 12.9. The highest BCUT2D eigenvalue weighted by Crippen LogP contribution is 2.40. The number of ketones is 1. The fourth-order valence-electron chi connectivity index (χ4n) is 2.62. The van der Waals surface area contributed by atoms with E-state index < -0.39 is 37.6 Å². The summed E-state index contributed by atoms with van der Waals surface area (Å²) in [6, 6.07) is 11.6. The SMILES string of the molecule is [B]C([B])(c1ccccc1)S(=O)(=O)OC1=C(N)O[C@]([B])(c2ccc(Cl)cc2Cl)C1=O. The van der Waals surface area contributed by atoms with E-state index in [1.54, 1.807) is 6.07 Å². The second-order valence-electron chi connectivity index (χ2n) is 6.18. The number of hydrogen-bond acceptors (Lipinski definition) is 6. The van der Waals surface area contributed by atoms with E-state index in [-0.39, 0.29) is 21.2 Å². The second kappa shape index (κ2) is 7.34. The number of hydrogen-bond donors (Lipinski definition) is 1. The van der Waals surface area contributed by atoms with Crippen molar-refractivity contribution in [3.63, 3.8) is 0 Å². The molecule has 0 aliphatic carbocycles. The average molecular weight is 444 g/mol. The van der Waals surface area contributed by atoms with Gasteiger partial charge in [0.1, 0.15) is 7.85 Å². The Hall–Kier alpha value is -2.03. The lowest BCUT2D eigenvalue weighted by Gasteiger charge is -2.27. The Kier molecular flexibility index (Phi) is 5.49. The Bertz CT molecular complexity index is 1130. The second-order valence-corrected chi connectivity index (χ2v) is 8.78. The smallest absolute Gasteiger partial charge is 0.302 e. The van der Waals surface area contributed by atoms with Crippen molar-refractivity contribution in [2.24, 2.45) is 5.73 Å². The molecule has 0 amide bonds. The van der Waals surface area contributed by atoms with Crippen LogP contribution in [0, 0.1) is 0 Å². The van der Waals surface area contributed by atoms with Gasteiger partial charge in [0.2, 0.25) is 17.4 Å². The van der Waals surface area contributed by atoms with Gasteiger partial charge in [-0.1, -0.05) is 59.6 Å². The third-order valence-corrected chi connectivity index (χ3v) is 6.20. The zero-order valence-corrected chi connectivity index (χ0v) is 17.0. The molecular weight excluding hydrogens is 434 g/mol. The zero-order chi connectivity index (χ0) is 21.6. The summed E-state index contributed by atoms with van der Waals surface area (Å²) in [4.78, 5) is 12.9. The van der Waals surface area contributed by atoms with Gasteiger partial charge in [0.25, 0.3) is 0 Å². The van der Waals surface area contributed by atoms with Crippen LogP contribution in [0.1, 0.15) is 11.1 Å². The Morgan fingerprint density at radius 3 is 2.31 bits per heavy atom. The molecule has 2 N–H and O–H groups in total. The molecule has 12 heteroatoms. The predicted molar refractivity (Wildman–Crippen MR) is 111 cm³/mol. The van der Waals surface area contributed by atoms with Crippen LogP contribution in [0.5, 0.6) is 0 Å². The quantitative estimate of drug-likeness (QED) is 0.556. The molecule has 0 fully saturated rings. The third kappa shape index (κ3) is 3.65. The average Bonchev–Trinajstić information content (AvgIpc) is 2.85. The molecule has 6 radical (unpaired) electrons. The highest BCUT2D eigenvalue weighted by atomic mass is 35.5. The van der Waals surface area contributed by atoms with Gasteiger partial charge < -0.3 is 14.7 Å². The first-order valence-corrected chi connectivity index (χ1v) is 10.1. The van der Waals surface area contributed by atoms with Crippen LogP contribution in [0.25, 0.3) is 0 Å². The molecule has 0 saturated heterocycles. The minimum Gasteiger partial charge on any atom is -0.467 e. The van der Waals surface area contributed by atoms with Crippen molar-refractivity contribution in [3.8, 4) is 0 Å². The molecule has 1 aliphatic heterocycles. The van der Waals surface area contributed by atoms with E-state index >= 15 is 0 Å². The number of Topliss-reactive ketones (excluding diaryl/α,β-unsaturated/α-hetero) is 1. The summed E-state index contributed by atoms with van der Waals surface area (Å²) in [7, 11) is 12.8. The van der Waals surface area contributed by atoms with Crippen molar-refractivity contribution >= 4 is 62.6 Å². The molecular formula is C17H10B3Cl2NO5S. The summed E-state index contributed by atoms with van der Waals surface area (Å²) < 4.78 is 33.0. The fraction of sp³-hybridized carbons (Fsp3) is 0.118. The first-order chi connectivity index (χ1) is 13.4. The van der Waals surface area contributed by atoms with Crippen LogP contribution in [0.4, 0.5) is 0 Å². The lowest BCUT2D eigenvalue weighted by molar-refractivity contribution is -0.126. The van der Waals surface area contributed by atoms with Crippen LogP contribution in [-0.4, -0.2) is 37.7 Å². The van der Waals surface area contributed by atoms with E-state index in [0.29, 0.717) is 0 Å². The molecule has 3 rings (SSSR count). The summed E-state index contributed by atoms with van der Waals surface area (Å²) >= 11 is 11.9. The number of halogens is 2. The van der Waals surface area contributed by atoms with E-state index in [9.17, 15) is 13.2 Å². The highest BCUT2D eigenvalue weighted by Gasteiger charge is 2.51. The van der Waals surface area contributed by atoms with Crippen LogP contribution in [0.15, 0.2) is 60.2 Å². The van der Waals surface area contributed by atoms with Crippen molar-refractivity contribution in [1.82, 2.24) is 0 Å². The standard InChI is InChI=1S/C17H10B3Cl2NO5S/c18-16(11-7-6-10(21)8-12(11)22)14(24)13(15(23)27-16)28-29(25,26)17(19,20)9-4-2-1-3-5-9/h1-8H,23H2/t16-/m1/s1. The third-order valence-electron chi connectivity index (χ3n) is 4.20. The van der Waals surface area contributed by atoms with Crippen LogP contribution in [0.2, 0.25) is 10.0 Å². The zero-order valence-electron chi connectivity index (χ0n) is 14.6. The Morgan fingerprint density at radius 2 is 1.72 bits per heavy atom. The van der Waals surface area contributed by atoms with Crippen molar-refractivity contribution in [1.29, 1.82) is 0 Å². The minimum atomic E-state index is -4.80. The van der Waals surface area contributed by atoms with Crippen LogP contribution in [-0.2, 0) is 33.9 Å². The normalized spacial score (nSPS) is 19.9. The number of rotatable bonds is 5. The van der Waals surface area contributed by atoms with Crippen molar-refractivity contribution < 1.29 is 22.1 Å². The van der Waals surface area contributed by atoms with Crippen LogP contribution in [0.3, 0.4) is 0 Å². The molecule has 1 atom stereocenters. The number of nitrogens with two attached hydrogens (primary N) is 1. The van der Waals surface area contributed by atoms with Gasteiger partial charge in [0.05, 0.1) is 20.2 Å². The van der Waals surface area contributed by atoms with Gasteiger partial charge >= 0.3 is 10.1 Å². The van der Waals surface area contributed by atoms with Gasteiger partial charge in [-0.15, -0.1) is 0 Å². The van der Waals surface area contributed by atoms with Gasteiger partial charge in [-0.3, -0.25) is 4.79 Å². The molecule has 2 aromatic carbocycles. The molecule has 0 aromatic heterocycles. The monoisotopic (exact) mass is 443 g/mol. The lowest BCUT2D eigenvalue weighted by atomic mass is 9.65. The summed E-state index contributed by atoms with van der Waals surface area (Å²) in [6.07, 6.45) is 0. The molecule has 0 unspecified atom stereocenters. The van der Waals surface area contributed by atoms with Gasteiger partial charge in [0.15, 0.2) is 5.50 Å². The van der Waals surface area contributed by atoms with E-state index in [2.05, 4.69) is 0 Å². The topological polar surface area (TPSA) is 95.7 Å². The van der Waals surface area contributed by atoms with Gasteiger partial charge in [-0.2, -0.15) is 8.42 Å². The Labute approximate surface area is 181 Å². The van der Waals surface area contributed by atoms with E-state index in [1.807, 2.05) is 0 Å². The Morgan fingerprint density at radius 1 is 1.10 bits per heavy atom. The summed E-state index contributed by atoms with van der Waals surface area (Å²) in [6.45, 7) is 0. The molecule has 0 bridgehead atoms. The molecule has 0 spiro atoms. The van der Waals surface area contributed by atoms with E-state index in [0.717, 1.165) is 0 Å². The van der Waals surface area contributed by atoms with Crippen molar-refractivity contribution in [2.45, 2.75) is 10.0 Å². The molecule has 1 heterocycles. The molecule has 29 heavy (non-hydrogen) atoms. The molecule has 1 aliphatic rings. The Balaban J connectivity index is 1.96. The molecule has 0 saturated carbocycles. The predicted octanol–water partition coefficient (Wildman–Crippen LogP) is 1.54. The lowest BCUT2D eigenvalue weighted by Crippen LogP contribution is -2.40. The van der Waals surface area contributed by atoms with E-state index in [4.69, 9.17) is 61.4 Å². The number of carbonyl (C=O) groups is 1. The largest absolute Gasteiger partial charge is 0.467 e. The van der Waals surface area contributed by atoms with Crippen LogP contribution >= 0.6 is 23.2 Å².